The van der Waals surface area contributed by atoms with Gasteiger partial charge in [-0.2, -0.15) is 0 Å². The molecule has 0 saturated heterocycles. The first-order valence-corrected chi connectivity index (χ1v) is 8.63. The van der Waals surface area contributed by atoms with E-state index in [1.165, 1.54) is 11.1 Å². The lowest BCUT2D eigenvalue weighted by atomic mass is 10.1. The normalized spacial score (nSPS) is 11.3. The van der Waals surface area contributed by atoms with Crippen LogP contribution in [0.2, 0.25) is 0 Å². The number of benzene rings is 2. The number of aryl methyl sites for hydroxylation is 2. The molecule has 0 bridgehead atoms. The smallest absolute Gasteiger partial charge is 0.129 e. The Balaban J connectivity index is 2.35. The molecule has 1 heterocycles. The van der Waals surface area contributed by atoms with Crippen LogP contribution >= 0.6 is 43.5 Å². The number of nitrogens with zero attached hydrogens (tertiary/aromatic N) is 2. The highest BCUT2D eigenvalue weighted by Gasteiger charge is 2.13. The molecule has 2 nitrogen and oxygen atoms in total. The third-order valence-electron chi connectivity index (χ3n) is 3.48. The summed E-state index contributed by atoms with van der Waals surface area (Å²) in [5.41, 5.74) is 5.49. The summed E-state index contributed by atoms with van der Waals surface area (Å²) >= 11 is 13.2. The number of rotatable bonds is 2. The molecule has 0 N–H and O–H groups in total. The first kappa shape index (κ1) is 15.1. The van der Waals surface area contributed by atoms with Crippen LogP contribution in [-0.2, 0) is 5.88 Å². The molecule has 108 valence electrons. The topological polar surface area (TPSA) is 17.8 Å². The Kier molecular flexibility index (Phi) is 4.12. The van der Waals surface area contributed by atoms with Gasteiger partial charge in [0.25, 0.3) is 0 Å². The predicted octanol–water partition coefficient (Wildman–Crippen LogP) is 5.91. The Morgan fingerprint density at radius 3 is 2.38 bits per heavy atom. The number of alkyl halides is 1. The molecule has 0 aliphatic carbocycles. The van der Waals surface area contributed by atoms with Crippen molar-refractivity contribution in [2.45, 2.75) is 19.7 Å². The maximum absolute atomic E-state index is 6.10. The second kappa shape index (κ2) is 5.75. The van der Waals surface area contributed by atoms with E-state index in [0.717, 1.165) is 31.5 Å². The van der Waals surface area contributed by atoms with Gasteiger partial charge in [0.2, 0.25) is 0 Å². The Bertz CT molecular complexity index is 817. The van der Waals surface area contributed by atoms with Crippen molar-refractivity contribution < 1.29 is 0 Å². The minimum atomic E-state index is 0.375. The van der Waals surface area contributed by atoms with Crippen molar-refractivity contribution in [2.75, 3.05) is 0 Å². The Morgan fingerprint density at radius 2 is 1.76 bits per heavy atom. The zero-order valence-electron chi connectivity index (χ0n) is 11.6. The van der Waals surface area contributed by atoms with Crippen LogP contribution in [0, 0.1) is 13.8 Å². The molecule has 1 aromatic heterocycles. The van der Waals surface area contributed by atoms with Crippen molar-refractivity contribution >= 4 is 54.5 Å². The number of fused-ring (bicyclic) bond motifs is 1. The van der Waals surface area contributed by atoms with E-state index in [1.807, 2.05) is 12.1 Å². The summed E-state index contributed by atoms with van der Waals surface area (Å²) in [4.78, 5) is 4.63. The molecule has 0 saturated carbocycles. The van der Waals surface area contributed by atoms with Crippen LogP contribution < -0.4 is 0 Å². The maximum Gasteiger partial charge on any atom is 0.129 e. The van der Waals surface area contributed by atoms with Crippen LogP contribution in [0.25, 0.3) is 16.7 Å². The molecule has 0 radical (unpaired) electrons. The highest BCUT2D eigenvalue weighted by atomic mass is 79.9. The lowest BCUT2D eigenvalue weighted by Gasteiger charge is -2.12. The molecule has 5 heteroatoms. The van der Waals surface area contributed by atoms with Gasteiger partial charge in [0, 0.05) is 14.6 Å². The largest absolute Gasteiger partial charge is 0.295 e. The lowest BCUT2D eigenvalue weighted by Crippen LogP contribution is -2.01. The SMILES string of the molecule is Cc1cc(-n2c(CCl)nc3ccc(Br)cc32)cc(C)c1Br. The second-order valence-electron chi connectivity index (χ2n) is 5.02. The fourth-order valence-corrected chi connectivity index (χ4v) is 3.29. The van der Waals surface area contributed by atoms with Crippen LogP contribution in [0.5, 0.6) is 0 Å². The second-order valence-corrected chi connectivity index (χ2v) is 7.00. The van der Waals surface area contributed by atoms with Gasteiger partial charge < -0.3 is 0 Å². The van der Waals surface area contributed by atoms with Gasteiger partial charge in [0.15, 0.2) is 0 Å². The number of aromatic nitrogens is 2. The van der Waals surface area contributed by atoms with Crippen molar-refractivity contribution in [3.8, 4) is 5.69 Å². The predicted molar refractivity (Wildman–Crippen MR) is 95.5 cm³/mol. The van der Waals surface area contributed by atoms with Gasteiger partial charge in [-0.25, -0.2) is 4.98 Å². The highest BCUT2D eigenvalue weighted by Crippen LogP contribution is 2.29. The fourth-order valence-electron chi connectivity index (χ4n) is 2.53. The first-order valence-electron chi connectivity index (χ1n) is 6.51. The van der Waals surface area contributed by atoms with Gasteiger partial charge in [-0.15, -0.1) is 11.6 Å². The Hall–Kier alpha value is -0.840. The van der Waals surface area contributed by atoms with Crippen molar-refractivity contribution in [1.82, 2.24) is 9.55 Å². The summed E-state index contributed by atoms with van der Waals surface area (Å²) in [6, 6.07) is 10.4. The van der Waals surface area contributed by atoms with Crippen molar-refractivity contribution in [3.05, 3.63) is 56.2 Å². The number of halogens is 3. The minimum absolute atomic E-state index is 0.375. The van der Waals surface area contributed by atoms with E-state index >= 15 is 0 Å². The van der Waals surface area contributed by atoms with Gasteiger partial charge in [0.05, 0.1) is 16.9 Å². The number of hydrogen-bond donors (Lipinski definition) is 0. The van der Waals surface area contributed by atoms with Crippen molar-refractivity contribution in [3.63, 3.8) is 0 Å². The Labute approximate surface area is 145 Å². The van der Waals surface area contributed by atoms with Crippen LogP contribution in [0.15, 0.2) is 39.3 Å². The van der Waals surface area contributed by atoms with E-state index in [2.05, 4.69) is 73.5 Å². The molecular weight excluding hydrogens is 415 g/mol. The number of imidazole rings is 1. The van der Waals surface area contributed by atoms with Crippen molar-refractivity contribution in [1.29, 1.82) is 0 Å². The summed E-state index contributed by atoms with van der Waals surface area (Å²) in [7, 11) is 0. The summed E-state index contributed by atoms with van der Waals surface area (Å²) in [5.74, 6) is 1.23. The molecule has 0 aliphatic heterocycles. The molecule has 3 aromatic rings. The zero-order valence-corrected chi connectivity index (χ0v) is 15.6. The van der Waals surface area contributed by atoms with E-state index in [9.17, 15) is 0 Å². The van der Waals surface area contributed by atoms with Gasteiger partial charge in [-0.05, 0) is 55.3 Å². The average molecular weight is 429 g/mol. The third-order valence-corrected chi connectivity index (χ3v) is 5.47. The van der Waals surface area contributed by atoms with E-state index in [0.29, 0.717) is 5.88 Å². The standard InChI is InChI=1S/C16H13Br2ClN2/c1-9-5-12(6-10(2)16(9)18)21-14-7-11(17)3-4-13(14)20-15(21)8-19/h3-7H,8H2,1-2H3. The minimum Gasteiger partial charge on any atom is -0.295 e. The molecule has 0 fully saturated rings. The maximum atomic E-state index is 6.10. The molecule has 21 heavy (non-hydrogen) atoms. The summed E-state index contributed by atoms with van der Waals surface area (Å²) in [5, 5.41) is 0. The van der Waals surface area contributed by atoms with E-state index in [1.54, 1.807) is 0 Å². The van der Waals surface area contributed by atoms with E-state index in [-0.39, 0.29) is 0 Å². The summed E-state index contributed by atoms with van der Waals surface area (Å²) in [6.07, 6.45) is 0. The van der Waals surface area contributed by atoms with Crippen LogP contribution in [0.1, 0.15) is 17.0 Å². The van der Waals surface area contributed by atoms with Crippen LogP contribution in [-0.4, -0.2) is 9.55 Å². The summed E-state index contributed by atoms with van der Waals surface area (Å²) in [6.45, 7) is 4.19. The quantitative estimate of drug-likeness (QED) is 0.464. The van der Waals surface area contributed by atoms with Gasteiger partial charge in [-0.3, -0.25) is 4.57 Å². The van der Waals surface area contributed by atoms with Crippen LogP contribution in [0.3, 0.4) is 0 Å². The third kappa shape index (κ3) is 2.65. The molecule has 3 rings (SSSR count). The molecular formula is C16H13Br2ClN2. The molecule has 0 amide bonds. The summed E-state index contributed by atoms with van der Waals surface area (Å²) < 4.78 is 4.30. The van der Waals surface area contributed by atoms with Crippen molar-refractivity contribution in [2.24, 2.45) is 0 Å². The van der Waals surface area contributed by atoms with Gasteiger partial charge in [0.1, 0.15) is 5.82 Å². The highest BCUT2D eigenvalue weighted by molar-refractivity contribution is 9.10. The molecule has 2 aromatic carbocycles. The Morgan fingerprint density at radius 1 is 1.10 bits per heavy atom. The van der Waals surface area contributed by atoms with Gasteiger partial charge >= 0.3 is 0 Å². The van der Waals surface area contributed by atoms with Crippen LogP contribution in [0.4, 0.5) is 0 Å². The van der Waals surface area contributed by atoms with Gasteiger partial charge in [-0.1, -0.05) is 31.9 Å². The van der Waals surface area contributed by atoms with E-state index in [4.69, 9.17) is 11.6 Å². The fraction of sp³-hybridized carbons (Fsp3) is 0.188. The van der Waals surface area contributed by atoms with E-state index < -0.39 is 0 Å². The molecule has 0 atom stereocenters. The molecule has 0 aliphatic rings. The lowest BCUT2D eigenvalue weighted by molar-refractivity contribution is 0.976. The molecule has 0 spiro atoms. The molecule has 0 unspecified atom stereocenters. The monoisotopic (exact) mass is 426 g/mol. The first-order chi connectivity index (χ1) is 10.0. The number of hydrogen-bond acceptors (Lipinski definition) is 1. The average Bonchev–Trinajstić information content (AvgIpc) is 2.81. The zero-order chi connectivity index (χ0) is 15.1.